The summed E-state index contributed by atoms with van der Waals surface area (Å²) in [6, 6.07) is 7.06. The number of nitrogen functional groups attached to an aromatic ring is 1. The third-order valence-corrected chi connectivity index (χ3v) is 4.46. The van der Waals surface area contributed by atoms with Crippen molar-refractivity contribution in [1.82, 2.24) is 0 Å². The molecule has 5 heteroatoms. The Morgan fingerprint density at radius 1 is 1.00 bits per heavy atom. The maximum Gasteiger partial charge on any atom is 0.164 e. The van der Waals surface area contributed by atoms with Gasteiger partial charge in [0.15, 0.2) is 5.75 Å². The van der Waals surface area contributed by atoms with Gasteiger partial charge in [-0.25, -0.2) is 0 Å². The Morgan fingerprint density at radius 3 is 1.95 bits per heavy atom. The van der Waals surface area contributed by atoms with E-state index in [1.54, 1.807) is 12.1 Å². The summed E-state index contributed by atoms with van der Waals surface area (Å²) in [5, 5.41) is 0.784. The number of nitrogens with two attached hydrogens (primary N) is 1. The van der Waals surface area contributed by atoms with Crippen LogP contribution in [0.4, 0.5) is 5.69 Å². The largest absolute Gasteiger partial charge is 0.454 e. The Kier molecular flexibility index (Phi) is 4.29. The summed E-state index contributed by atoms with van der Waals surface area (Å²) in [6.07, 6.45) is 0. The molecule has 0 saturated heterocycles. The number of hydrogen-bond donors (Lipinski definition) is 1. The predicted octanol–water partition coefficient (Wildman–Crippen LogP) is 5.75. The number of hydrogen-bond acceptors (Lipinski definition) is 2. The first-order chi connectivity index (χ1) is 8.88. The topological polar surface area (TPSA) is 35.2 Å². The molecule has 0 saturated carbocycles. The minimum atomic E-state index is 0.392. The van der Waals surface area contributed by atoms with E-state index >= 15 is 0 Å². The van der Waals surface area contributed by atoms with Crippen molar-refractivity contribution in [3.8, 4) is 11.5 Å². The van der Waals surface area contributed by atoms with Crippen LogP contribution in [0.25, 0.3) is 0 Å². The van der Waals surface area contributed by atoms with Gasteiger partial charge in [-0.2, -0.15) is 0 Å². The molecule has 0 aromatic heterocycles. The van der Waals surface area contributed by atoms with Crippen molar-refractivity contribution in [2.24, 2.45) is 0 Å². The SMILES string of the molecule is Cc1cc(Oc2c(Cl)cc(N)cc2Cl)cc(C)c1Br. The minimum Gasteiger partial charge on any atom is -0.454 e. The zero-order valence-corrected chi connectivity index (χ0v) is 13.5. The lowest BCUT2D eigenvalue weighted by Gasteiger charge is -2.12. The van der Waals surface area contributed by atoms with E-state index in [2.05, 4.69) is 15.9 Å². The highest BCUT2D eigenvalue weighted by molar-refractivity contribution is 9.10. The Hall–Kier alpha value is -0.900. The highest BCUT2D eigenvalue weighted by Crippen LogP contribution is 2.39. The van der Waals surface area contributed by atoms with Gasteiger partial charge >= 0.3 is 0 Å². The quantitative estimate of drug-likeness (QED) is 0.692. The summed E-state index contributed by atoms with van der Waals surface area (Å²) in [7, 11) is 0. The van der Waals surface area contributed by atoms with Gasteiger partial charge in [0, 0.05) is 10.2 Å². The summed E-state index contributed by atoms with van der Waals surface area (Å²) in [4.78, 5) is 0. The molecule has 100 valence electrons. The van der Waals surface area contributed by atoms with E-state index in [1.165, 1.54) is 0 Å². The van der Waals surface area contributed by atoms with E-state index < -0.39 is 0 Å². The van der Waals surface area contributed by atoms with Crippen LogP contribution in [0.1, 0.15) is 11.1 Å². The molecule has 2 nitrogen and oxygen atoms in total. The molecule has 0 unspecified atom stereocenters. The number of aryl methyl sites for hydroxylation is 2. The third-order valence-electron chi connectivity index (χ3n) is 2.65. The second kappa shape index (κ2) is 5.61. The fourth-order valence-corrected chi connectivity index (χ4v) is 2.57. The number of ether oxygens (including phenoxy) is 1. The Labute approximate surface area is 130 Å². The van der Waals surface area contributed by atoms with E-state index in [4.69, 9.17) is 33.7 Å². The maximum atomic E-state index is 6.10. The first kappa shape index (κ1) is 14.5. The standard InChI is InChI=1S/C14H12BrCl2NO/c1-7-3-10(4-8(2)13(7)15)19-14-11(16)5-9(18)6-12(14)17/h3-6H,18H2,1-2H3. The van der Waals surface area contributed by atoms with Gasteiger partial charge in [-0.15, -0.1) is 0 Å². The molecular weight excluding hydrogens is 349 g/mol. The third kappa shape index (κ3) is 3.16. The van der Waals surface area contributed by atoms with Crippen LogP contribution in [0.15, 0.2) is 28.7 Å². The fourth-order valence-electron chi connectivity index (χ4n) is 1.76. The second-order valence-electron chi connectivity index (χ2n) is 4.29. The monoisotopic (exact) mass is 359 g/mol. The highest BCUT2D eigenvalue weighted by atomic mass is 79.9. The van der Waals surface area contributed by atoms with E-state index in [9.17, 15) is 0 Å². The average Bonchev–Trinajstić information content (AvgIpc) is 2.30. The zero-order chi connectivity index (χ0) is 14.2. The van der Waals surface area contributed by atoms with Gasteiger partial charge in [-0.1, -0.05) is 39.1 Å². The normalized spacial score (nSPS) is 10.6. The van der Waals surface area contributed by atoms with Crippen LogP contribution in [0.3, 0.4) is 0 Å². The van der Waals surface area contributed by atoms with Crippen LogP contribution in [0, 0.1) is 13.8 Å². The summed E-state index contributed by atoms with van der Waals surface area (Å²) < 4.78 is 6.84. The molecular formula is C14H12BrCl2NO. The molecule has 0 radical (unpaired) electrons. The van der Waals surface area contributed by atoms with Crippen LogP contribution >= 0.6 is 39.1 Å². The Bertz CT molecular complexity index is 597. The smallest absolute Gasteiger partial charge is 0.164 e. The van der Waals surface area contributed by atoms with Gasteiger partial charge < -0.3 is 10.5 Å². The number of benzene rings is 2. The van der Waals surface area contributed by atoms with Crippen LogP contribution in [0.5, 0.6) is 11.5 Å². The summed E-state index contributed by atoms with van der Waals surface area (Å²) >= 11 is 15.7. The second-order valence-corrected chi connectivity index (χ2v) is 5.89. The molecule has 0 aliphatic rings. The molecule has 0 atom stereocenters. The lowest BCUT2D eigenvalue weighted by molar-refractivity contribution is 0.482. The molecule has 0 aliphatic carbocycles. The summed E-state index contributed by atoms with van der Waals surface area (Å²) in [5.74, 6) is 1.10. The molecule has 0 bridgehead atoms. The van der Waals surface area contributed by atoms with Gasteiger partial charge in [0.25, 0.3) is 0 Å². The van der Waals surface area contributed by atoms with E-state index in [0.717, 1.165) is 15.6 Å². The van der Waals surface area contributed by atoms with Crippen LogP contribution < -0.4 is 10.5 Å². The van der Waals surface area contributed by atoms with Crippen molar-refractivity contribution in [3.63, 3.8) is 0 Å². The van der Waals surface area contributed by atoms with Gasteiger partial charge in [0.05, 0.1) is 10.0 Å². The zero-order valence-electron chi connectivity index (χ0n) is 10.4. The fraction of sp³-hybridized carbons (Fsp3) is 0.143. The van der Waals surface area contributed by atoms with Crippen molar-refractivity contribution in [3.05, 3.63) is 49.9 Å². The molecule has 0 spiro atoms. The Morgan fingerprint density at radius 2 is 1.47 bits per heavy atom. The van der Waals surface area contributed by atoms with Gasteiger partial charge in [0.1, 0.15) is 5.75 Å². The van der Waals surface area contributed by atoms with Crippen LogP contribution in [-0.2, 0) is 0 Å². The molecule has 2 N–H and O–H groups in total. The van der Waals surface area contributed by atoms with Crippen LogP contribution in [-0.4, -0.2) is 0 Å². The molecule has 2 aromatic rings. The van der Waals surface area contributed by atoms with Crippen molar-refractivity contribution in [1.29, 1.82) is 0 Å². The molecule has 2 aromatic carbocycles. The summed E-state index contributed by atoms with van der Waals surface area (Å²) in [5.41, 5.74) is 8.33. The van der Waals surface area contributed by atoms with Gasteiger partial charge in [-0.05, 0) is 49.2 Å². The minimum absolute atomic E-state index is 0.392. The first-order valence-corrected chi connectivity index (χ1v) is 7.12. The number of rotatable bonds is 2. The maximum absolute atomic E-state index is 6.10. The van der Waals surface area contributed by atoms with Crippen molar-refractivity contribution in [2.75, 3.05) is 5.73 Å². The van der Waals surface area contributed by atoms with Crippen molar-refractivity contribution >= 4 is 44.8 Å². The first-order valence-electron chi connectivity index (χ1n) is 5.57. The molecule has 0 aliphatic heterocycles. The highest BCUT2D eigenvalue weighted by Gasteiger charge is 2.11. The lowest BCUT2D eigenvalue weighted by Crippen LogP contribution is -1.92. The molecule has 0 amide bonds. The van der Waals surface area contributed by atoms with Crippen molar-refractivity contribution in [2.45, 2.75) is 13.8 Å². The average molecular weight is 361 g/mol. The van der Waals surface area contributed by atoms with E-state index in [1.807, 2.05) is 26.0 Å². The molecule has 0 fully saturated rings. The van der Waals surface area contributed by atoms with Crippen LogP contribution in [0.2, 0.25) is 10.0 Å². The molecule has 0 heterocycles. The van der Waals surface area contributed by atoms with Gasteiger partial charge in [-0.3, -0.25) is 0 Å². The Balaban J connectivity index is 2.42. The van der Waals surface area contributed by atoms with E-state index in [-0.39, 0.29) is 0 Å². The molecule has 2 rings (SSSR count). The summed E-state index contributed by atoms with van der Waals surface area (Å²) in [6.45, 7) is 3.99. The van der Waals surface area contributed by atoms with Gasteiger partial charge in [0.2, 0.25) is 0 Å². The number of halogens is 3. The molecule has 19 heavy (non-hydrogen) atoms. The lowest BCUT2D eigenvalue weighted by atomic mass is 10.1. The predicted molar refractivity (Wildman–Crippen MR) is 84.6 cm³/mol. The van der Waals surface area contributed by atoms with E-state index in [0.29, 0.717) is 27.2 Å². The number of anilines is 1. The van der Waals surface area contributed by atoms with Crippen molar-refractivity contribution < 1.29 is 4.74 Å².